The first-order valence-electron chi connectivity index (χ1n) is 12.3. The number of rotatable bonds is 6. The Morgan fingerprint density at radius 3 is 2.47 bits per heavy atom. The van der Waals surface area contributed by atoms with Gasteiger partial charge in [0.15, 0.2) is 0 Å². The van der Waals surface area contributed by atoms with Gasteiger partial charge in [0.05, 0.1) is 24.0 Å². The molecule has 0 bridgehead atoms. The van der Waals surface area contributed by atoms with Crippen LogP contribution in [0.15, 0.2) is 35.2 Å². The number of aliphatic hydroxyl groups excluding tert-OH is 1. The number of aryl methyl sites for hydroxylation is 4. The first-order chi connectivity index (χ1) is 16.8. The minimum atomic E-state index is -4.05. The number of benzene rings is 2. The number of amides is 2. The van der Waals surface area contributed by atoms with Crippen LogP contribution in [0.3, 0.4) is 0 Å². The van der Waals surface area contributed by atoms with E-state index in [2.05, 4.69) is 10.6 Å². The minimum absolute atomic E-state index is 0.0400. The van der Waals surface area contributed by atoms with Crippen molar-refractivity contribution >= 4 is 21.8 Å². The standard InChI is InChI=1S/C27H35N3O5S/c1-16-10-17(2)25(18(3)11-16)36(34,35)30-15-27(4,5)29-26(33)23(30)13-24(32)28-22-9-7-20-12-19(14-31)6-8-21(20)22/h6,8,10-12,22-23,31H,7,9,13-15H2,1-5H3,(H,28,32)(H,29,33)/t22-,23?/m1/s1. The fourth-order valence-corrected chi connectivity index (χ4v) is 7.74. The van der Waals surface area contributed by atoms with Crippen LogP contribution in [0, 0.1) is 20.8 Å². The molecule has 3 N–H and O–H groups in total. The highest BCUT2D eigenvalue weighted by Crippen LogP contribution is 2.33. The normalized spacial score (nSPS) is 21.7. The highest BCUT2D eigenvalue weighted by Gasteiger charge is 2.46. The molecule has 194 valence electrons. The van der Waals surface area contributed by atoms with E-state index in [4.69, 9.17) is 0 Å². The quantitative estimate of drug-likeness (QED) is 0.549. The molecule has 0 radical (unpaired) electrons. The zero-order valence-electron chi connectivity index (χ0n) is 21.5. The van der Waals surface area contributed by atoms with Crippen molar-refractivity contribution in [2.75, 3.05) is 6.54 Å². The van der Waals surface area contributed by atoms with Crippen LogP contribution in [0.4, 0.5) is 0 Å². The molecule has 2 atom stereocenters. The molecule has 36 heavy (non-hydrogen) atoms. The Kier molecular flexibility index (Phi) is 7.02. The maximum absolute atomic E-state index is 13.9. The molecule has 4 rings (SSSR count). The van der Waals surface area contributed by atoms with E-state index in [1.54, 1.807) is 27.7 Å². The Bertz CT molecular complexity index is 1300. The van der Waals surface area contributed by atoms with Crippen molar-refractivity contribution in [3.8, 4) is 0 Å². The summed E-state index contributed by atoms with van der Waals surface area (Å²) in [6.45, 7) is 8.98. The monoisotopic (exact) mass is 513 g/mol. The molecule has 1 unspecified atom stereocenters. The molecule has 1 fully saturated rings. The summed E-state index contributed by atoms with van der Waals surface area (Å²) in [5, 5.41) is 15.3. The molecule has 9 heteroatoms. The highest BCUT2D eigenvalue weighted by molar-refractivity contribution is 7.89. The van der Waals surface area contributed by atoms with Gasteiger partial charge in [0, 0.05) is 12.1 Å². The summed E-state index contributed by atoms with van der Waals surface area (Å²) in [5.41, 5.74) is 4.31. The van der Waals surface area contributed by atoms with Gasteiger partial charge in [-0.25, -0.2) is 8.42 Å². The van der Waals surface area contributed by atoms with Crippen LogP contribution in [-0.2, 0) is 32.6 Å². The molecule has 0 saturated carbocycles. The number of fused-ring (bicyclic) bond motifs is 1. The third-order valence-corrected chi connectivity index (χ3v) is 9.18. The van der Waals surface area contributed by atoms with E-state index >= 15 is 0 Å². The van der Waals surface area contributed by atoms with Gasteiger partial charge in [-0.3, -0.25) is 9.59 Å². The summed E-state index contributed by atoms with van der Waals surface area (Å²) < 4.78 is 29.1. The van der Waals surface area contributed by atoms with Gasteiger partial charge in [0.25, 0.3) is 0 Å². The maximum Gasteiger partial charge on any atom is 0.244 e. The van der Waals surface area contributed by atoms with E-state index < -0.39 is 27.5 Å². The van der Waals surface area contributed by atoms with E-state index in [1.807, 2.05) is 37.3 Å². The molecule has 2 aliphatic rings. The van der Waals surface area contributed by atoms with Crippen molar-refractivity contribution < 1.29 is 23.1 Å². The molecular weight excluding hydrogens is 478 g/mol. The van der Waals surface area contributed by atoms with Crippen LogP contribution in [0.5, 0.6) is 0 Å². The second-order valence-electron chi connectivity index (χ2n) is 10.7. The molecule has 2 amide bonds. The van der Waals surface area contributed by atoms with Crippen molar-refractivity contribution in [2.24, 2.45) is 0 Å². The van der Waals surface area contributed by atoms with Crippen molar-refractivity contribution in [3.05, 3.63) is 63.7 Å². The second kappa shape index (κ2) is 9.61. The van der Waals surface area contributed by atoms with Crippen LogP contribution >= 0.6 is 0 Å². The van der Waals surface area contributed by atoms with Crippen molar-refractivity contribution in [3.63, 3.8) is 0 Å². The van der Waals surface area contributed by atoms with Gasteiger partial charge in [-0.15, -0.1) is 0 Å². The summed E-state index contributed by atoms with van der Waals surface area (Å²) in [7, 11) is -4.05. The Morgan fingerprint density at radius 1 is 1.17 bits per heavy atom. The van der Waals surface area contributed by atoms with Crippen LogP contribution in [-0.4, -0.2) is 47.8 Å². The fraction of sp³-hybridized carbons (Fsp3) is 0.481. The number of carbonyl (C=O) groups is 2. The lowest BCUT2D eigenvalue weighted by Gasteiger charge is -2.42. The van der Waals surface area contributed by atoms with Crippen molar-refractivity contribution in [2.45, 2.75) is 83.0 Å². The molecule has 0 aromatic heterocycles. The van der Waals surface area contributed by atoms with Gasteiger partial charge in [-0.1, -0.05) is 35.9 Å². The summed E-state index contributed by atoms with van der Waals surface area (Å²) in [6, 6.07) is 7.95. The predicted molar refractivity (Wildman–Crippen MR) is 137 cm³/mol. The van der Waals surface area contributed by atoms with Crippen molar-refractivity contribution in [1.29, 1.82) is 0 Å². The van der Waals surface area contributed by atoms with Gasteiger partial charge in [0.2, 0.25) is 21.8 Å². The molecule has 2 aromatic carbocycles. The summed E-state index contributed by atoms with van der Waals surface area (Å²) in [6.07, 6.45) is 1.22. The van der Waals surface area contributed by atoms with E-state index in [1.165, 1.54) is 4.31 Å². The number of nitrogens with zero attached hydrogens (tertiary/aromatic N) is 1. The number of carbonyl (C=O) groups excluding carboxylic acids is 2. The van der Waals surface area contributed by atoms with Gasteiger partial charge >= 0.3 is 0 Å². The Hall–Kier alpha value is -2.75. The van der Waals surface area contributed by atoms with Crippen LogP contribution < -0.4 is 10.6 Å². The van der Waals surface area contributed by atoms with E-state index in [9.17, 15) is 23.1 Å². The van der Waals surface area contributed by atoms with E-state index in [-0.39, 0.29) is 36.4 Å². The summed E-state index contributed by atoms with van der Waals surface area (Å²) in [5.74, 6) is -0.858. The lowest BCUT2D eigenvalue weighted by Crippen LogP contribution is -2.66. The Labute approximate surface area is 213 Å². The summed E-state index contributed by atoms with van der Waals surface area (Å²) >= 11 is 0. The van der Waals surface area contributed by atoms with Crippen LogP contribution in [0.25, 0.3) is 0 Å². The van der Waals surface area contributed by atoms with Gasteiger partial charge < -0.3 is 15.7 Å². The van der Waals surface area contributed by atoms with Gasteiger partial charge in [-0.2, -0.15) is 4.31 Å². The number of sulfonamides is 1. The fourth-order valence-electron chi connectivity index (χ4n) is 5.57. The lowest BCUT2D eigenvalue weighted by molar-refractivity contribution is -0.134. The summed E-state index contributed by atoms with van der Waals surface area (Å²) in [4.78, 5) is 26.5. The van der Waals surface area contributed by atoms with Crippen LogP contribution in [0.1, 0.15) is 66.1 Å². The average molecular weight is 514 g/mol. The Morgan fingerprint density at radius 2 is 1.83 bits per heavy atom. The van der Waals surface area contributed by atoms with Gasteiger partial charge in [0.1, 0.15) is 6.04 Å². The largest absolute Gasteiger partial charge is 0.392 e. The maximum atomic E-state index is 13.9. The number of nitrogens with one attached hydrogen (secondary N) is 2. The number of hydrogen-bond acceptors (Lipinski definition) is 5. The number of aliphatic hydroxyl groups is 1. The molecule has 0 spiro atoms. The van der Waals surface area contributed by atoms with Crippen LogP contribution in [0.2, 0.25) is 0 Å². The highest BCUT2D eigenvalue weighted by atomic mass is 32.2. The van der Waals surface area contributed by atoms with Gasteiger partial charge in [-0.05, 0) is 75.3 Å². The third-order valence-electron chi connectivity index (χ3n) is 7.02. The number of piperazine rings is 1. The predicted octanol–water partition coefficient (Wildman–Crippen LogP) is 2.57. The van der Waals surface area contributed by atoms with E-state index in [0.717, 1.165) is 28.7 Å². The molecule has 8 nitrogen and oxygen atoms in total. The smallest absolute Gasteiger partial charge is 0.244 e. The first kappa shape index (κ1) is 26.3. The third kappa shape index (κ3) is 5.05. The Balaban J connectivity index is 1.60. The molecule has 1 aliphatic carbocycles. The molecule has 1 aliphatic heterocycles. The zero-order valence-corrected chi connectivity index (χ0v) is 22.3. The molecule has 1 heterocycles. The average Bonchev–Trinajstić information content (AvgIpc) is 3.15. The zero-order chi connectivity index (χ0) is 26.4. The topological polar surface area (TPSA) is 116 Å². The SMILES string of the molecule is Cc1cc(C)c(S(=O)(=O)N2CC(C)(C)NC(=O)C2CC(=O)N[C@@H]2CCc3cc(CO)ccc32)c(C)c1. The lowest BCUT2D eigenvalue weighted by atomic mass is 9.98. The molecular formula is C27H35N3O5S. The second-order valence-corrected chi connectivity index (χ2v) is 12.5. The first-order valence-corrected chi connectivity index (χ1v) is 13.7. The van der Waals surface area contributed by atoms with Crippen molar-refractivity contribution in [1.82, 2.24) is 14.9 Å². The number of hydrogen-bond donors (Lipinski definition) is 3. The molecule has 1 saturated heterocycles. The minimum Gasteiger partial charge on any atom is -0.392 e. The molecule has 2 aromatic rings. The van der Waals surface area contributed by atoms with E-state index in [0.29, 0.717) is 17.5 Å².